The van der Waals surface area contributed by atoms with Crippen molar-refractivity contribution in [3.8, 4) is 5.75 Å². The van der Waals surface area contributed by atoms with Crippen LogP contribution >= 0.6 is 0 Å². The van der Waals surface area contributed by atoms with E-state index in [0.29, 0.717) is 16.7 Å². The highest BCUT2D eigenvalue weighted by molar-refractivity contribution is 7.88. The summed E-state index contributed by atoms with van der Waals surface area (Å²) in [4.78, 5) is 0. The van der Waals surface area contributed by atoms with Crippen molar-refractivity contribution in [1.29, 1.82) is 0 Å². The minimum atomic E-state index is -3.59. The topological polar surface area (TPSA) is 81.4 Å². The molecule has 6 nitrogen and oxygen atoms in total. The monoisotopic (exact) mass is 344 g/mol. The average Bonchev–Trinajstić information content (AvgIpc) is 3.12. The third-order valence-electron chi connectivity index (χ3n) is 4.05. The molecule has 0 spiro atoms. The first kappa shape index (κ1) is 15.2. The second-order valence-electron chi connectivity index (χ2n) is 5.91. The van der Waals surface area contributed by atoms with Gasteiger partial charge in [-0.2, -0.15) is 0 Å². The van der Waals surface area contributed by atoms with Gasteiger partial charge in [0.25, 0.3) is 0 Å². The highest BCUT2D eigenvalue weighted by atomic mass is 32.2. The first-order valence-electron chi connectivity index (χ1n) is 7.58. The molecule has 0 amide bonds. The molecule has 4 rings (SSSR count). The minimum absolute atomic E-state index is 0.234. The summed E-state index contributed by atoms with van der Waals surface area (Å²) in [5, 5.41) is 4.60. The Morgan fingerprint density at radius 2 is 2.08 bits per heavy atom. The molecular formula is C17H16N2O4S. The zero-order valence-electron chi connectivity index (χ0n) is 13.0. The molecule has 24 heavy (non-hydrogen) atoms. The molecule has 0 radical (unpaired) electrons. The predicted octanol–water partition coefficient (Wildman–Crippen LogP) is 2.69. The number of benzene rings is 2. The highest BCUT2D eigenvalue weighted by Crippen LogP contribution is 2.33. The number of nitrogens with one attached hydrogen (secondary N) is 1. The molecule has 7 heteroatoms. The van der Waals surface area contributed by atoms with Crippen LogP contribution < -0.4 is 9.46 Å². The van der Waals surface area contributed by atoms with Crippen molar-refractivity contribution >= 4 is 21.0 Å². The van der Waals surface area contributed by atoms with E-state index in [4.69, 9.17) is 9.26 Å². The molecule has 0 saturated carbocycles. The Hall–Kier alpha value is -2.38. The maximum Gasteiger partial charge on any atom is 0.218 e. The lowest BCUT2D eigenvalue weighted by Gasteiger charge is -2.12. The van der Waals surface area contributed by atoms with Crippen LogP contribution in [0.4, 0.5) is 0 Å². The number of hydrogen-bond acceptors (Lipinski definition) is 5. The molecule has 0 aliphatic carbocycles. The van der Waals surface area contributed by atoms with Crippen LogP contribution in [0.1, 0.15) is 22.9 Å². The van der Waals surface area contributed by atoms with Crippen LogP contribution in [-0.2, 0) is 15.8 Å². The standard InChI is InChI=1S/C17H16N2O4S/c1-11-6-7-16-13(8-11)14(9-22-16)19-24(20,21)10-15-12-4-2-3-5-17(12)23-18-15/h2-8,14,19H,9-10H2,1H3. The van der Waals surface area contributed by atoms with Gasteiger partial charge in [-0.25, -0.2) is 13.1 Å². The number of fused-ring (bicyclic) bond motifs is 2. The van der Waals surface area contributed by atoms with E-state index in [1.54, 1.807) is 12.1 Å². The molecule has 1 atom stereocenters. The molecule has 0 saturated heterocycles. The van der Waals surface area contributed by atoms with Crippen molar-refractivity contribution in [2.75, 3.05) is 6.61 Å². The van der Waals surface area contributed by atoms with Crippen molar-refractivity contribution in [3.63, 3.8) is 0 Å². The van der Waals surface area contributed by atoms with Gasteiger partial charge in [-0.3, -0.25) is 0 Å². The van der Waals surface area contributed by atoms with E-state index in [-0.39, 0.29) is 18.4 Å². The molecule has 1 aliphatic heterocycles. The first-order chi connectivity index (χ1) is 11.5. The van der Waals surface area contributed by atoms with Gasteiger partial charge >= 0.3 is 0 Å². The van der Waals surface area contributed by atoms with Crippen molar-refractivity contribution in [1.82, 2.24) is 9.88 Å². The summed E-state index contributed by atoms with van der Waals surface area (Å²) in [5.74, 6) is 0.488. The number of ether oxygens (including phenoxy) is 1. The van der Waals surface area contributed by atoms with Crippen molar-refractivity contribution < 1.29 is 17.7 Å². The van der Waals surface area contributed by atoms with Gasteiger partial charge < -0.3 is 9.26 Å². The minimum Gasteiger partial charge on any atom is -0.491 e. The van der Waals surface area contributed by atoms with Gasteiger partial charge in [0.1, 0.15) is 23.8 Å². The van der Waals surface area contributed by atoms with Crippen LogP contribution in [0.5, 0.6) is 5.75 Å². The van der Waals surface area contributed by atoms with Crippen molar-refractivity contribution in [2.24, 2.45) is 0 Å². The molecular weight excluding hydrogens is 328 g/mol. The number of para-hydroxylation sites is 1. The Morgan fingerprint density at radius 3 is 2.96 bits per heavy atom. The summed E-state index contributed by atoms with van der Waals surface area (Å²) in [7, 11) is -3.59. The lowest BCUT2D eigenvalue weighted by atomic mass is 10.1. The van der Waals surface area contributed by atoms with E-state index in [9.17, 15) is 8.42 Å². The van der Waals surface area contributed by atoms with Gasteiger partial charge in [-0.15, -0.1) is 0 Å². The Morgan fingerprint density at radius 1 is 1.25 bits per heavy atom. The van der Waals surface area contributed by atoms with Gasteiger partial charge in [0.2, 0.25) is 10.0 Å². The van der Waals surface area contributed by atoms with Gasteiger partial charge in [0.05, 0.1) is 6.04 Å². The SMILES string of the molecule is Cc1ccc2c(c1)C(NS(=O)(=O)Cc1noc3ccccc13)CO2. The maximum atomic E-state index is 12.5. The fourth-order valence-electron chi connectivity index (χ4n) is 2.91. The molecule has 1 aliphatic rings. The number of nitrogens with zero attached hydrogens (tertiary/aromatic N) is 1. The third-order valence-corrected chi connectivity index (χ3v) is 5.34. The van der Waals surface area contributed by atoms with Crippen LogP contribution in [0.25, 0.3) is 11.0 Å². The smallest absolute Gasteiger partial charge is 0.218 e. The summed E-state index contributed by atoms with van der Waals surface area (Å²) in [5.41, 5.74) is 2.91. The van der Waals surface area contributed by atoms with E-state index >= 15 is 0 Å². The van der Waals surface area contributed by atoms with Crippen LogP contribution in [0, 0.1) is 6.92 Å². The molecule has 1 aromatic heterocycles. The predicted molar refractivity (Wildman–Crippen MR) is 89.2 cm³/mol. The Labute approximate surface area is 139 Å². The molecule has 0 fully saturated rings. The molecule has 1 N–H and O–H groups in total. The zero-order valence-corrected chi connectivity index (χ0v) is 13.8. The van der Waals surface area contributed by atoms with Gasteiger partial charge in [-0.05, 0) is 25.1 Å². The number of sulfonamides is 1. The molecule has 2 heterocycles. The summed E-state index contributed by atoms with van der Waals surface area (Å²) < 4.78 is 38.5. The summed E-state index contributed by atoms with van der Waals surface area (Å²) in [6.45, 7) is 2.25. The normalized spacial score (nSPS) is 17.0. The summed E-state index contributed by atoms with van der Waals surface area (Å²) >= 11 is 0. The lowest BCUT2D eigenvalue weighted by molar-refractivity contribution is 0.325. The van der Waals surface area contributed by atoms with E-state index < -0.39 is 10.0 Å². The summed E-state index contributed by atoms with van der Waals surface area (Å²) in [6, 6.07) is 12.6. The van der Waals surface area contributed by atoms with E-state index in [0.717, 1.165) is 16.9 Å². The van der Waals surface area contributed by atoms with Crippen LogP contribution in [-0.4, -0.2) is 20.2 Å². The van der Waals surface area contributed by atoms with E-state index in [2.05, 4.69) is 9.88 Å². The maximum absolute atomic E-state index is 12.5. The zero-order chi connectivity index (χ0) is 16.7. The van der Waals surface area contributed by atoms with Gasteiger partial charge in [0.15, 0.2) is 5.58 Å². The quantitative estimate of drug-likeness (QED) is 0.787. The fourth-order valence-corrected chi connectivity index (χ4v) is 4.19. The molecule has 3 aromatic rings. The lowest BCUT2D eigenvalue weighted by Crippen LogP contribution is -2.30. The number of aryl methyl sites for hydroxylation is 1. The van der Waals surface area contributed by atoms with Crippen LogP contribution in [0.3, 0.4) is 0 Å². The Kier molecular flexibility index (Phi) is 3.54. The second-order valence-corrected chi connectivity index (χ2v) is 7.66. The summed E-state index contributed by atoms with van der Waals surface area (Å²) in [6.07, 6.45) is 0. The molecule has 0 bridgehead atoms. The third kappa shape index (κ3) is 2.76. The molecule has 1 unspecified atom stereocenters. The largest absolute Gasteiger partial charge is 0.491 e. The Bertz CT molecular complexity index is 1010. The first-order valence-corrected chi connectivity index (χ1v) is 9.24. The molecule has 2 aromatic carbocycles. The number of aromatic nitrogens is 1. The van der Waals surface area contributed by atoms with Gasteiger partial charge in [0, 0.05) is 10.9 Å². The van der Waals surface area contributed by atoms with Crippen molar-refractivity contribution in [3.05, 3.63) is 59.3 Å². The van der Waals surface area contributed by atoms with E-state index in [1.165, 1.54) is 0 Å². The Balaban J connectivity index is 1.58. The fraction of sp³-hybridized carbons (Fsp3) is 0.235. The average molecular weight is 344 g/mol. The van der Waals surface area contributed by atoms with Gasteiger partial charge in [-0.1, -0.05) is 35.0 Å². The second kappa shape index (κ2) is 5.61. The highest BCUT2D eigenvalue weighted by Gasteiger charge is 2.29. The van der Waals surface area contributed by atoms with Crippen LogP contribution in [0.2, 0.25) is 0 Å². The number of rotatable bonds is 4. The van der Waals surface area contributed by atoms with Crippen molar-refractivity contribution in [2.45, 2.75) is 18.7 Å². The van der Waals surface area contributed by atoms with E-state index in [1.807, 2.05) is 37.3 Å². The number of hydrogen-bond donors (Lipinski definition) is 1. The molecule has 124 valence electrons. The van der Waals surface area contributed by atoms with Crippen LogP contribution in [0.15, 0.2) is 47.0 Å².